The van der Waals surface area contributed by atoms with Gasteiger partial charge in [0.15, 0.2) is 0 Å². The maximum atomic E-state index is 12.9. The maximum Gasteiger partial charge on any atom is 0.253 e. The van der Waals surface area contributed by atoms with E-state index in [0.29, 0.717) is 13.1 Å². The molecule has 1 fully saturated rings. The second-order valence-corrected chi connectivity index (χ2v) is 7.46. The maximum absolute atomic E-state index is 12.9. The fraction of sp³-hybridized carbons (Fsp3) is 0.435. The van der Waals surface area contributed by atoms with Crippen LogP contribution >= 0.6 is 24.8 Å². The van der Waals surface area contributed by atoms with Crippen LogP contribution < -0.4 is 5.73 Å². The van der Waals surface area contributed by atoms with Crippen molar-refractivity contribution in [3.63, 3.8) is 0 Å². The van der Waals surface area contributed by atoms with Gasteiger partial charge in [0.1, 0.15) is 0 Å². The minimum absolute atomic E-state index is 0. The van der Waals surface area contributed by atoms with Crippen LogP contribution in [0.1, 0.15) is 47.7 Å². The van der Waals surface area contributed by atoms with E-state index in [4.69, 9.17) is 5.73 Å². The molecule has 2 aromatic carbocycles. The Kier molecular flexibility index (Phi) is 10.7. The molecule has 29 heavy (non-hydrogen) atoms. The Balaban J connectivity index is 0.00000210. The molecule has 1 amide bonds. The molecule has 1 saturated heterocycles. The van der Waals surface area contributed by atoms with Crippen molar-refractivity contribution in [1.82, 2.24) is 9.80 Å². The van der Waals surface area contributed by atoms with Gasteiger partial charge < -0.3 is 10.6 Å². The Morgan fingerprint density at radius 2 is 1.69 bits per heavy atom. The summed E-state index contributed by atoms with van der Waals surface area (Å²) in [7, 11) is 0. The van der Waals surface area contributed by atoms with Crippen molar-refractivity contribution in [3.8, 4) is 0 Å². The van der Waals surface area contributed by atoms with Crippen LogP contribution in [0.25, 0.3) is 0 Å². The number of hydrogen-bond acceptors (Lipinski definition) is 3. The van der Waals surface area contributed by atoms with E-state index in [-0.39, 0.29) is 42.7 Å². The zero-order valence-corrected chi connectivity index (χ0v) is 18.9. The molecular formula is C23H33Cl2N3O. The fourth-order valence-corrected chi connectivity index (χ4v) is 3.91. The standard InChI is InChI=1S/C23H31N3O.2ClH/c1-3-14-25(4-2)15-18-10-12-20(13-11-18)23(27)26-16-21(22(24)17-26)19-8-6-5-7-9-19;;/h5-13,21-22H,3-4,14-17,24H2,1-2H3;2*1H/t21-,22+;;/m0../s1. The molecule has 1 aliphatic rings. The molecule has 2 aromatic rings. The molecule has 0 spiro atoms. The van der Waals surface area contributed by atoms with Crippen LogP contribution in [-0.4, -0.2) is 47.9 Å². The van der Waals surface area contributed by atoms with Crippen molar-refractivity contribution in [2.24, 2.45) is 5.73 Å². The smallest absolute Gasteiger partial charge is 0.253 e. The number of amides is 1. The van der Waals surface area contributed by atoms with Crippen molar-refractivity contribution in [1.29, 1.82) is 0 Å². The largest absolute Gasteiger partial charge is 0.336 e. The van der Waals surface area contributed by atoms with E-state index in [1.807, 2.05) is 35.2 Å². The van der Waals surface area contributed by atoms with Crippen LogP contribution in [0.3, 0.4) is 0 Å². The van der Waals surface area contributed by atoms with Gasteiger partial charge >= 0.3 is 0 Å². The van der Waals surface area contributed by atoms with E-state index in [1.165, 1.54) is 11.1 Å². The van der Waals surface area contributed by atoms with Crippen molar-refractivity contribution >= 4 is 30.7 Å². The minimum Gasteiger partial charge on any atom is -0.336 e. The molecule has 0 radical (unpaired) electrons. The van der Waals surface area contributed by atoms with Gasteiger partial charge in [-0.05, 0) is 42.8 Å². The molecule has 0 unspecified atom stereocenters. The van der Waals surface area contributed by atoms with Gasteiger partial charge in [-0.1, -0.05) is 56.3 Å². The van der Waals surface area contributed by atoms with Crippen LogP contribution in [0.4, 0.5) is 0 Å². The van der Waals surface area contributed by atoms with Gasteiger partial charge in [-0.15, -0.1) is 24.8 Å². The SMILES string of the molecule is CCCN(CC)Cc1ccc(C(=O)N2C[C@@H](N)[C@H](c3ccccc3)C2)cc1.Cl.Cl. The highest BCUT2D eigenvalue weighted by Crippen LogP contribution is 2.27. The summed E-state index contributed by atoms with van der Waals surface area (Å²) in [5, 5.41) is 0. The van der Waals surface area contributed by atoms with Crippen LogP contribution in [0.15, 0.2) is 54.6 Å². The minimum atomic E-state index is -0.0113. The zero-order valence-electron chi connectivity index (χ0n) is 17.3. The van der Waals surface area contributed by atoms with Gasteiger partial charge in [-0.3, -0.25) is 9.69 Å². The van der Waals surface area contributed by atoms with E-state index < -0.39 is 0 Å². The van der Waals surface area contributed by atoms with Crippen LogP contribution in [0.2, 0.25) is 0 Å². The third-order valence-electron chi connectivity index (χ3n) is 5.47. The highest BCUT2D eigenvalue weighted by molar-refractivity contribution is 5.94. The first kappa shape index (κ1) is 25.4. The van der Waals surface area contributed by atoms with Crippen molar-refractivity contribution in [2.45, 2.75) is 38.8 Å². The Hall–Kier alpha value is -1.59. The summed E-state index contributed by atoms with van der Waals surface area (Å²) in [6.07, 6.45) is 1.15. The first-order valence-corrected chi connectivity index (χ1v) is 10.0. The molecule has 1 heterocycles. The number of carbonyl (C=O) groups is 1. The van der Waals surface area contributed by atoms with Crippen LogP contribution in [-0.2, 0) is 6.54 Å². The van der Waals surface area contributed by atoms with Gasteiger partial charge in [0.25, 0.3) is 5.91 Å². The van der Waals surface area contributed by atoms with E-state index in [1.54, 1.807) is 0 Å². The van der Waals surface area contributed by atoms with E-state index in [9.17, 15) is 4.79 Å². The summed E-state index contributed by atoms with van der Waals surface area (Å²) >= 11 is 0. The second kappa shape index (κ2) is 12.2. The summed E-state index contributed by atoms with van der Waals surface area (Å²) in [5.74, 6) is 0.290. The van der Waals surface area contributed by atoms with E-state index >= 15 is 0 Å². The fourth-order valence-electron chi connectivity index (χ4n) is 3.91. The molecule has 0 aliphatic carbocycles. The average Bonchev–Trinajstić information content (AvgIpc) is 3.10. The number of nitrogens with zero attached hydrogens (tertiary/aromatic N) is 2. The van der Waals surface area contributed by atoms with Gasteiger partial charge in [-0.2, -0.15) is 0 Å². The summed E-state index contributed by atoms with van der Waals surface area (Å²) in [6, 6.07) is 18.3. The van der Waals surface area contributed by atoms with Gasteiger partial charge in [0.2, 0.25) is 0 Å². The molecule has 0 aromatic heterocycles. The lowest BCUT2D eigenvalue weighted by Crippen LogP contribution is -2.32. The molecule has 3 rings (SSSR count). The van der Waals surface area contributed by atoms with E-state index in [2.05, 4.69) is 43.0 Å². The van der Waals surface area contributed by atoms with Crippen LogP contribution in [0.5, 0.6) is 0 Å². The molecule has 2 atom stereocenters. The lowest BCUT2D eigenvalue weighted by Gasteiger charge is -2.20. The number of rotatable bonds is 7. The van der Waals surface area contributed by atoms with Gasteiger partial charge in [-0.25, -0.2) is 0 Å². The zero-order chi connectivity index (χ0) is 19.2. The lowest BCUT2D eigenvalue weighted by atomic mass is 9.95. The molecule has 1 aliphatic heterocycles. The summed E-state index contributed by atoms with van der Waals surface area (Å²) in [6.45, 7) is 8.77. The number of benzene rings is 2. The average molecular weight is 438 g/mol. The first-order valence-electron chi connectivity index (χ1n) is 10.0. The Morgan fingerprint density at radius 3 is 2.28 bits per heavy atom. The van der Waals surface area contributed by atoms with E-state index in [0.717, 1.165) is 31.6 Å². The van der Waals surface area contributed by atoms with Crippen molar-refractivity contribution in [2.75, 3.05) is 26.2 Å². The van der Waals surface area contributed by atoms with Crippen molar-refractivity contribution in [3.05, 3.63) is 71.3 Å². The summed E-state index contributed by atoms with van der Waals surface area (Å²) < 4.78 is 0. The molecule has 4 nitrogen and oxygen atoms in total. The highest BCUT2D eigenvalue weighted by atomic mass is 35.5. The number of halogens is 2. The third-order valence-corrected chi connectivity index (χ3v) is 5.47. The molecule has 0 saturated carbocycles. The third kappa shape index (κ3) is 6.45. The Bertz CT molecular complexity index is 740. The van der Waals surface area contributed by atoms with Gasteiger partial charge in [0, 0.05) is 37.2 Å². The van der Waals surface area contributed by atoms with Gasteiger partial charge in [0.05, 0.1) is 0 Å². The highest BCUT2D eigenvalue weighted by Gasteiger charge is 2.34. The van der Waals surface area contributed by atoms with Crippen molar-refractivity contribution < 1.29 is 4.79 Å². The normalized spacial score (nSPS) is 18.3. The Labute approximate surface area is 187 Å². The molecule has 0 bridgehead atoms. The molecule has 6 heteroatoms. The quantitative estimate of drug-likeness (QED) is 0.700. The lowest BCUT2D eigenvalue weighted by molar-refractivity contribution is 0.0789. The number of nitrogens with two attached hydrogens (primary N) is 1. The molecular weight excluding hydrogens is 405 g/mol. The molecule has 2 N–H and O–H groups in total. The monoisotopic (exact) mass is 437 g/mol. The Morgan fingerprint density at radius 1 is 1.03 bits per heavy atom. The number of carbonyl (C=O) groups excluding carboxylic acids is 1. The van der Waals surface area contributed by atoms with Crippen LogP contribution in [0, 0.1) is 0 Å². The predicted molar refractivity (Wildman–Crippen MR) is 125 cm³/mol. The number of hydrogen-bond donors (Lipinski definition) is 1. The predicted octanol–water partition coefficient (Wildman–Crippen LogP) is 4.33. The topological polar surface area (TPSA) is 49.6 Å². The second-order valence-electron chi connectivity index (χ2n) is 7.46. The summed E-state index contributed by atoms with van der Waals surface area (Å²) in [4.78, 5) is 17.2. The first-order chi connectivity index (χ1) is 13.1. The molecule has 160 valence electrons. The number of likely N-dealkylation sites (tertiary alicyclic amines) is 1. The summed E-state index contributed by atoms with van der Waals surface area (Å²) in [5.41, 5.74) is 9.56.